The fourth-order valence-corrected chi connectivity index (χ4v) is 3.46. The van der Waals surface area contributed by atoms with Gasteiger partial charge in [0.2, 0.25) is 0 Å². The number of furan rings is 1. The van der Waals surface area contributed by atoms with Gasteiger partial charge in [-0.3, -0.25) is 4.79 Å². The van der Waals surface area contributed by atoms with Gasteiger partial charge >= 0.3 is 0 Å². The summed E-state index contributed by atoms with van der Waals surface area (Å²) in [7, 11) is 4.15. The maximum absolute atomic E-state index is 12.4. The van der Waals surface area contributed by atoms with E-state index >= 15 is 0 Å². The minimum Gasteiger partial charge on any atom is -0.459 e. The predicted molar refractivity (Wildman–Crippen MR) is 130 cm³/mol. The molecule has 0 spiro atoms. The second-order valence-electron chi connectivity index (χ2n) is 7.48. The highest BCUT2D eigenvalue weighted by atomic mass is 127. The number of guanidine groups is 1. The zero-order valence-corrected chi connectivity index (χ0v) is 20.3. The number of nitrogens with zero attached hydrogens (tertiary/aromatic N) is 4. The second kappa shape index (κ2) is 11.9. The van der Waals surface area contributed by atoms with E-state index in [0.717, 1.165) is 32.1 Å². The van der Waals surface area contributed by atoms with Gasteiger partial charge in [0.15, 0.2) is 11.7 Å². The molecule has 0 bridgehead atoms. The SMILES string of the molecule is CCNC(=NCc1cccc(CN(C)C)c1)N1CCN(C(=O)c2ccco2)CC1.I. The Balaban J connectivity index is 0.00000320. The Bertz CT molecular complexity index is 815. The highest BCUT2D eigenvalue weighted by Crippen LogP contribution is 2.11. The van der Waals surface area contributed by atoms with Gasteiger partial charge in [0.05, 0.1) is 12.8 Å². The molecule has 0 unspecified atom stereocenters. The fourth-order valence-electron chi connectivity index (χ4n) is 3.46. The van der Waals surface area contributed by atoms with Crippen molar-refractivity contribution in [2.24, 2.45) is 4.99 Å². The van der Waals surface area contributed by atoms with Crippen molar-refractivity contribution in [1.82, 2.24) is 20.0 Å². The van der Waals surface area contributed by atoms with Crippen LogP contribution in [0, 0.1) is 0 Å². The van der Waals surface area contributed by atoms with Gasteiger partial charge in [-0.15, -0.1) is 24.0 Å². The van der Waals surface area contributed by atoms with E-state index in [9.17, 15) is 4.79 Å². The Morgan fingerprint density at radius 1 is 1.10 bits per heavy atom. The number of carbonyl (C=O) groups is 1. The predicted octanol–water partition coefficient (Wildman–Crippen LogP) is 2.88. The molecule has 1 fully saturated rings. The maximum Gasteiger partial charge on any atom is 0.289 e. The van der Waals surface area contributed by atoms with Gasteiger partial charge in [0, 0.05) is 39.3 Å². The molecule has 3 rings (SSSR count). The lowest BCUT2D eigenvalue weighted by Gasteiger charge is -2.36. The smallest absolute Gasteiger partial charge is 0.289 e. The zero-order valence-electron chi connectivity index (χ0n) is 18.0. The van der Waals surface area contributed by atoms with Crippen molar-refractivity contribution < 1.29 is 9.21 Å². The molecule has 30 heavy (non-hydrogen) atoms. The van der Waals surface area contributed by atoms with Crippen molar-refractivity contribution in [2.45, 2.75) is 20.0 Å². The lowest BCUT2D eigenvalue weighted by Crippen LogP contribution is -2.53. The minimum absolute atomic E-state index is 0. The molecule has 164 valence electrons. The van der Waals surface area contributed by atoms with Crippen molar-refractivity contribution in [1.29, 1.82) is 0 Å². The van der Waals surface area contributed by atoms with E-state index in [-0.39, 0.29) is 29.9 Å². The number of carbonyl (C=O) groups excluding carboxylic acids is 1. The number of hydrogen-bond donors (Lipinski definition) is 1. The normalized spacial score (nSPS) is 14.6. The van der Waals surface area contributed by atoms with Gasteiger partial charge in [-0.25, -0.2) is 4.99 Å². The molecule has 1 amide bonds. The number of rotatable bonds is 6. The summed E-state index contributed by atoms with van der Waals surface area (Å²) < 4.78 is 5.24. The van der Waals surface area contributed by atoms with Gasteiger partial charge < -0.3 is 24.4 Å². The number of amides is 1. The van der Waals surface area contributed by atoms with E-state index in [4.69, 9.17) is 9.41 Å². The molecular formula is C22H32IN5O2. The first kappa shape index (κ1) is 24.2. The van der Waals surface area contributed by atoms with Crippen LogP contribution in [0.2, 0.25) is 0 Å². The summed E-state index contributed by atoms with van der Waals surface area (Å²) in [5.74, 6) is 1.25. The van der Waals surface area contributed by atoms with Gasteiger partial charge in [0.1, 0.15) is 0 Å². The summed E-state index contributed by atoms with van der Waals surface area (Å²) in [6, 6.07) is 12.0. The van der Waals surface area contributed by atoms with Crippen LogP contribution in [0.4, 0.5) is 0 Å². The maximum atomic E-state index is 12.4. The monoisotopic (exact) mass is 525 g/mol. The van der Waals surface area contributed by atoms with Crippen molar-refractivity contribution in [3.8, 4) is 0 Å². The Morgan fingerprint density at radius 2 is 1.80 bits per heavy atom. The van der Waals surface area contributed by atoms with E-state index in [0.29, 0.717) is 25.4 Å². The number of benzene rings is 1. The molecule has 0 aliphatic carbocycles. The van der Waals surface area contributed by atoms with Gasteiger partial charge in [-0.2, -0.15) is 0 Å². The van der Waals surface area contributed by atoms with Crippen molar-refractivity contribution in [2.75, 3.05) is 46.8 Å². The van der Waals surface area contributed by atoms with Crippen LogP contribution < -0.4 is 5.32 Å². The van der Waals surface area contributed by atoms with Crippen molar-refractivity contribution in [3.05, 3.63) is 59.5 Å². The Kier molecular flexibility index (Phi) is 9.64. The third-order valence-electron chi connectivity index (χ3n) is 4.83. The topological polar surface area (TPSA) is 64.3 Å². The highest BCUT2D eigenvalue weighted by molar-refractivity contribution is 14.0. The van der Waals surface area contributed by atoms with Crippen LogP contribution in [0.5, 0.6) is 0 Å². The fraction of sp³-hybridized carbons (Fsp3) is 0.455. The molecule has 0 atom stereocenters. The van der Waals surface area contributed by atoms with E-state index in [1.54, 1.807) is 12.1 Å². The van der Waals surface area contributed by atoms with Crippen molar-refractivity contribution >= 4 is 35.8 Å². The minimum atomic E-state index is -0.0469. The van der Waals surface area contributed by atoms with Crippen LogP contribution in [0.25, 0.3) is 0 Å². The Hall–Kier alpha value is -2.07. The van der Waals surface area contributed by atoms with Crippen LogP contribution in [0.1, 0.15) is 28.6 Å². The van der Waals surface area contributed by atoms with Crippen LogP contribution in [-0.4, -0.2) is 73.4 Å². The molecule has 0 radical (unpaired) electrons. The summed E-state index contributed by atoms with van der Waals surface area (Å²) in [6.07, 6.45) is 1.53. The van der Waals surface area contributed by atoms with E-state index in [1.807, 2.05) is 4.90 Å². The molecule has 0 saturated carbocycles. The average Bonchev–Trinajstić information content (AvgIpc) is 3.25. The zero-order chi connectivity index (χ0) is 20.6. The van der Waals surface area contributed by atoms with Crippen LogP contribution in [-0.2, 0) is 13.1 Å². The molecule has 7 nitrogen and oxygen atoms in total. The molecule has 1 N–H and O–H groups in total. The summed E-state index contributed by atoms with van der Waals surface area (Å²) in [6.45, 7) is 7.25. The number of nitrogens with one attached hydrogen (secondary N) is 1. The number of halogens is 1. The molecule has 1 aromatic carbocycles. The summed E-state index contributed by atoms with van der Waals surface area (Å²) in [5, 5.41) is 3.39. The van der Waals surface area contributed by atoms with Crippen LogP contribution >= 0.6 is 24.0 Å². The average molecular weight is 525 g/mol. The molecular weight excluding hydrogens is 493 g/mol. The Labute approximate surface area is 196 Å². The van der Waals surface area contributed by atoms with E-state index < -0.39 is 0 Å². The van der Waals surface area contributed by atoms with E-state index in [1.165, 1.54) is 17.4 Å². The lowest BCUT2D eigenvalue weighted by atomic mass is 10.1. The number of hydrogen-bond acceptors (Lipinski definition) is 4. The van der Waals surface area contributed by atoms with Gasteiger partial charge in [0.25, 0.3) is 5.91 Å². The number of aliphatic imine (C=N–C) groups is 1. The quantitative estimate of drug-likeness (QED) is 0.357. The standard InChI is InChI=1S/C22H31N5O2.HI/c1-4-23-22(24-16-18-7-5-8-19(15-18)17-25(2)3)27-12-10-26(11-13-27)21(28)20-9-6-14-29-20;/h5-9,14-15H,4,10-13,16-17H2,1-3H3,(H,23,24);1H. The third-order valence-corrected chi connectivity index (χ3v) is 4.83. The molecule has 1 aliphatic rings. The lowest BCUT2D eigenvalue weighted by molar-refractivity contribution is 0.0657. The number of piperazine rings is 1. The summed E-state index contributed by atoms with van der Waals surface area (Å²) in [5.41, 5.74) is 2.49. The molecule has 2 aromatic rings. The van der Waals surface area contributed by atoms with Crippen molar-refractivity contribution in [3.63, 3.8) is 0 Å². The highest BCUT2D eigenvalue weighted by Gasteiger charge is 2.25. The van der Waals surface area contributed by atoms with Gasteiger partial charge in [-0.1, -0.05) is 24.3 Å². The molecule has 8 heteroatoms. The first-order chi connectivity index (χ1) is 14.1. The van der Waals surface area contributed by atoms with Crippen LogP contribution in [0.3, 0.4) is 0 Å². The Morgan fingerprint density at radius 3 is 2.43 bits per heavy atom. The summed E-state index contributed by atoms with van der Waals surface area (Å²) >= 11 is 0. The molecule has 1 aromatic heterocycles. The summed E-state index contributed by atoms with van der Waals surface area (Å²) in [4.78, 5) is 23.5. The molecule has 1 saturated heterocycles. The van der Waals surface area contributed by atoms with Crippen LogP contribution in [0.15, 0.2) is 52.1 Å². The molecule has 1 aliphatic heterocycles. The first-order valence-corrected chi connectivity index (χ1v) is 10.2. The van der Waals surface area contributed by atoms with E-state index in [2.05, 4.69) is 60.4 Å². The molecule has 2 heterocycles. The first-order valence-electron chi connectivity index (χ1n) is 10.2. The third kappa shape index (κ3) is 6.73. The van der Waals surface area contributed by atoms with Gasteiger partial charge in [-0.05, 0) is 44.3 Å². The largest absolute Gasteiger partial charge is 0.459 e. The second-order valence-corrected chi connectivity index (χ2v) is 7.48.